The molecule has 39 heavy (non-hydrogen) atoms. The number of aromatic nitrogens is 1. The fourth-order valence-corrected chi connectivity index (χ4v) is 5.73. The average Bonchev–Trinajstić information content (AvgIpc) is 3.33. The summed E-state index contributed by atoms with van der Waals surface area (Å²) in [6.07, 6.45) is 6.08. The summed E-state index contributed by atoms with van der Waals surface area (Å²) in [7, 11) is 0. The van der Waals surface area contributed by atoms with Gasteiger partial charge in [-0.15, -0.1) is 0 Å². The van der Waals surface area contributed by atoms with Crippen molar-refractivity contribution in [1.29, 1.82) is 0 Å². The second-order valence-corrected chi connectivity index (χ2v) is 11.5. The van der Waals surface area contributed by atoms with Gasteiger partial charge in [0, 0.05) is 54.6 Å². The van der Waals surface area contributed by atoms with Crippen LogP contribution in [0.2, 0.25) is 5.02 Å². The quantitative estimate of drug-likeness (QED) is 0.381. The summed E-state index contributed by atoms with van der Waals surface area (Å²) in [5.41, 5.74) is 5.24. The first-order valence-corrected chi connectivity index (χ1v) is 14.2. The molecule has 0 aliphatic carbocycles. The summed E-state index contributed by atoms with van der Waals surface area (Å²) in [5.74, 6) is 0.815. The van der Waals surface area contributed by atoms with E-state index in [2.05, 4.69) is 45.1 Å². The highest BCUT2D eigenvalue weighted by Gasteiger charge is 2.28. The number of ether oxygens (including phenoxy) is 1. The molecular formula is C32H38ClN3O3. The van der Waals surface area contributed by atoms with Crippen molar-refractivity contribution in [2.75, 3.05) is 32.8 Å². The van der Waals surface area contributed by atoms with Gasteiger partial charge in [0.1, 0.15) is 12.4 Å². The minimum atomic E-state index is -0.943. The number of halogens is 1. The molecule has 1 unspecified atom stereocenters. The fraction of sp³-hybridized carbons (Fsp3) is 0.406. The second-order valence-electron chi connectivity index (χ2n) is 11.0. The highest BCUT2D eigenvalue weighted by atomic mass is 35.5. The lowest BCUT2D eigenvalue weighted by Gasteiger charge is -2.28. The lowest BCUT2D eigenvalue weighted by molar-refractivity contribution is 0.0785. The highest BCUT2D eigenvalue weighted by Crippen LogP contribution is 2.38. The summed E-state index contributed by atoms with van der Waals surface area (Å²) in [4.78, 5) is 9.50. The van der Waals surface area contributed by atoms with E-state index in [9.17, 15) is 10.2 Å². The van der Waals surface area contributed by atoms with Gasteiger partial charge in [0.2, 0.25) is 0 Å². The minimum Gasteiger partial charge on any atom is -0.487 e. The van der Waals surface area contributed by atoms with Crippen LogP contribution in [0.3, 0.4) is 0 Å². The van der Waals surface area contributed by atoms with E-state index in [4.69, 9.17) is 16.3 Å². The predicted molar refractivity (Wildman–Crippen MR) is 156 cm³/mol. The van der Waals surface area contributed by atoms with Gasteiger partial charge in [0.25, 0.3) is 0 Å². The van der Waals surface area contributed by atoms with Gasteiger partial charge < -0.3 is 19.8 Å². The molecule has 206 valence electrons. The number of hydrogen-bond donors (Lipinski definition) is 2. The number of aliphatic hydroxyl groups is 2. The van der Waals surface area contributed by atoms with Crippen LogP contribution in [0.4, 0.5) is 0 Å². The van der Waals surface area contributed by atoms with Gasteiger partial charge in [-0.1, -0.05) is 41.9 Å². The molecular weight excluding hydrogens is 510 g/mol. The molecule has 1 aromatic heterocycles. The van der Waals surface area contributed by atoms with Crippen LogP contribution >= 0.6 is 11.6 Å². The van der Waals surface area contributed by atoms with Crippen molar-refractivity contribution < 1.29 is 14.9 Å². The third-order valence-corrected chi connectivity index (χ3v) is 8.02. The van der Waals surface area contributed by atoms with Gasteiger partial charge in [-0.2, -0.15) is 0 Å². The van der Waals surface area contributed by atoms with Crippen LogP contribution in [0.15, 0.2) is 66.9 Å². The number of benzene rings is 2. The van der Waals surface area contributed by atoms with Crippen LogP contribution in [-0.4, -0.2) is 63.8 Å². The number of likely N-dealkylation sites (tertiary alicyclic amines) is 1. The molecule has 1 atom stereocenters. The average molecular weight is 548 g/mol. The Morgan fingerprint density at radius 2 is 1.97 bits per heavy atom. The molecule has 2 aromatic carbocycles. The molecule has 7 heteroatoms. The molecule has 3 aromatic rings. The third-order valence-electron chi connectivity index (χ3n) is 7.76. The van der Waals surface area contributed by atoms with Crippen molar-refractivity contribution in [3.05, 3.63) is 99.8 Å². The van der Waals surface area contributed by atoms with E-state index >= 15 is 0 Å². The van der Waals surface area contributed by atoms with Crippen LogP contribution in [0, 0.1) is 0 Å². The number of pyridine rings is 1. The van der Waals surface area contributed by atoms with E-state index in [1.807, 2.05) is 50.4 Å². The second kappa shape index (κ2) is 12.2. The van der Waals surface area contributed by atoms with Gasteiger partial charge in [-0.25, -0.2) is 0 Å². The zero-order valence-corrected chi connectivity index (χ0v) is 23.6. The SMILES string of the molecule is CC(C)(O)c1ccc2c(c1)/C(=C/CCN1CCC(N(CCO)Cc3ccc(Cl)cc3)C1)c1cccnc1CO2. The molecule has 1 saturated heterocycles. The predicted octanol–water partition coefficient (Wildman–Crippen LogP) is 5.25. The lowest BCUT2D eigenvalue weighted by Crippen LogP contribution is -2.39. The van der Waals surface area contributed by atoms with E-state index in [-0.39, 0.29) is 6.61 Å². The number of aliphatic hydroxyl groups excluding tert-OH is 1. The first-order valence-electron chi connectivity index (χ1n) is 13.8. The molecule has 3 heterocycles. The highest BCUT2D eigenvalue weighted by molar-refractivity contribution is 6.30. The molecule has 0 radical (unpaired) electrons. The van der Waals surface area contributed by atoms with Gasteiger partial charge in [0.05, 0.1) is 17.9 Å². The van der Waals surface area contributed by atoms with Crippen LogP contribution < -0.4 is 4.74 Å². The monoisotopic (exact) mass is 547 g/mol. The number of nitrogens with zero attached hydrogens (tertiary/aromatic N) is 3. The molecule has 1 fully saturated rings. The summed E-state index contributed by atoms with van der Waals surface area (Å²) in [5, 5.41) is 21.1. The van der Waals surface area contributed by atoms with Crippen molar-refractivity contribution in [2.45, 2.75) is 51.5 Å². The molecule has 2 aliphatic heterocycles. The molecule has 0 amide bonds. The van der Waals surface area contributed by atoms with Crippen molar-refractivity contribution in [1.82, 2.24) is 14.8 Å². The topological polar surface area (TPSA) is 69.1 Å². The first kappa shape index (κ1) is 27.8. The van der Waals surface area contributed by atoms with E-state index in [0.717, 1.165) is 77.8 Å². The Hall–Kier alpha value is -2.74. The Morgan fingerprint density at radius 1 is 1.15 bits per heavy atom. The molecule has 0 saturated carbocycles. The Bertz CT molecular complexity index is 1300. The number of fused-ring (bicyclic) bond motifs is 2. The first-order chi connectivity index (χ1) is 18.8. The summed E-state index contributed by atoms with van der Waals surface area (Å²) < 4.78 is 6.14. The summed E-state index contributed by atoms with van der Waals surface area (Å²) in [6, 6.07) is 18.4. The fourth-order valence-electron chi connectivity index (χ4n) is 5.60. The van der Waals surface area contributed by atoms with Gasteiger partial charge in [0.15, 0.2) is 0 Å². The van der Waals surface area contributed by atoms with E-state index < -0.39 is 5.60 Å². The normalized spacial score (nSPS) is 18.6. The molecule has 6 nitrogen and oxygen atoms in total. The van der Waals surface area contributed by atoms with Crippen molar-refractivity contribution in [3.63, 3.8) is 0 Å². The van der Waals surface area contributed by atoms with Crippen molar-refractivity contribution >= 4 is 17.2 Å². The van der Waals surface area contributed by atoms with E-state index in [1.54, 1.807) is 0 Å². The minimum absolute atomic E-state index is 0.151. The van der Waals surface area contributed by atoms with Crippen molar-refractivity contribution in [2.24, 2.45) is 0 Å². The molecule has 0 spiro atoms. The Balaban J connectivity index is 1.31. The van der Waals surface area contributed by atoms with Crippen LogP contribution in [0.5, 0.6) is 5.75 Å². The van der Waals surface area contributed by atoms with Crippen molar-refractivity contribution in [3.8, 4) is 5.75 Å². The van der Waals surface area contributed by atoms with E-state index in [1.165, 1.54) is 5.56 Å². The Morgan fingerprint density at radius 3 is 2.74 bits per heavy atom. The molecule has 2 aliphatic rings. The number of rotatable bonds is 9. The van der Waals surface area contributed by atoms with Gasteiger partial charge in [-0.3, -0.25) is 9.88 Å². The maximum atomic E-state index is 10.7. The van der Waals surface area contributed by atoms with Crippen LogP contribution in [-0.2, 0) is 18.8 Å². The zero-order chi connectivity index (χ0) is 27.4. The Labute approximate surface area is 236 Å². The van der Waals surface area contributed by atoms with Gasteiger partial charge >= 0.3 is 0 Å². The molecule has 0 bridgehead atoms. The van der Waals surface area contributed by atoms with Crippen LogP contribution in [0.25, 0.3) is 5.57 Å². The third kappa shape index (κ3) is 6.71. The zero-order valence-electron chi connectivity index (χ0n) is 22.8. The summed E-state index contributed by atoms with van der Waals surface area (Å²) in [6.45, 7) is 8.63. The molecule has 2 N–H and O–H groups in total. The van der Waals surface area contributed by atoms with Gasteiger partial charge in [-0.05, 0) is 80.3 Å². The Kier molecular flexibility index (Phi) is 8.70. The standard InChI is InChI=1S/C32H38ClN3O3/c1-32(2,38)24-9-12-31-29(19-24)27(28-5-3-14-34-30(28)22-39-31)6-4-15-35-16-13-26(21-35)36(17-18-37)20-23-7-10-25(33)11-8-23/h3,5-12,14,19,26,37-38H,4,13,15-18,20-22H2,1-2H3/b27-6+. The molecule has 5 rings (SSSR count). The maximum Gasteiger partial charge on any atom is 0.131 e. The largest absolute Gasteiger partial charge is 0.487 e. The summed E-state index contributed by atoms with van der Waals surface area (Å²) >= 11 is 6.07. The lowest BCUT2D eigenvalue weighted by atomic mass is 9.90. The van der Waals surface area contributed by atoms with E-state index in [0.29, 0.717) is 19.2 Å². The maximum absolute atomic E-state index is 10.7. The number of hydrogen-bond acceptors (Lipinski definition) is 6. The smallest absolute Gasteiger partial charge is 0.131 e. The van der Waals surface area contributed by atoms with Crippen LogP contribution in [0.1, 0.15) is 54.6 Å².